The van der Waals surface area contributed by atoms with E-state index in [0.29, 0.717) is 18.7 Å². The molecule has 8 heteroatoms. The molecule has 3 N–H and O–H groups in total. The summed E-state index contributed by atoms with van der Waals surface area (Å²) in [4.78, 5) is 17.9. The SMILES string of the molecule is CN=C(NCc1cccc(C(=O)NCC2CCCO2)c1)NCc1cccs1.I. The number of halogens is 1. The van der Waals surface area contributed by atoms with Crippen molar-refractivity contribution in [1.29, 1.82) is 0 Å². The molecular formula is C20H27IN4O2S. The monoisotopic (exact) mass is 514 g/mol. The van der Waals surface area contributed by atoms with Gasteiger partial charge >= 0.3 is 0 Å². The van der Waals surface area contributed by atoms with Crippen molar-refractivity contribution in [2.75, 3.05) is 20.2 Å². The lowest BCUT2D eigenvalue weighted by Gasteiger charge is -2.13. The molecule has 0 aliphatic carbocycles. The predicted octanol–water partition coefficient (Wildman–Crippen LogP) is 3.14. The first-order chi connectivity index (χ1) is 13.2. The Morgan fingerprint density at radius 3 is 2.79 bits per heavy atom. The zero-order valence-corrected chi connectivity index (χ0v) is 19.1. The van der Waals surface area contributed by atoms with Crippen molar-refractivity contribution in [2.45, 2.75) is 32.0 Å². The molecule has 1 fully saturated rings. The van der Waals surface area contributed by atoms with E-state index < -0.39 is 0 Å². The number of hydrogen-bond acceptors (Lipinski definition) is 4. The highest BCUT2D eigenvalue weighted by atomic mass is 127. The molecule has 2 heterocycles. The van der Waals surface area contributed by atoms with Gasteiger partial charge in [-0.05, 0) is 42.0 Å². The Morgan fingerprint density at radius 2 is 2.07 bits per heavy atom. The summed E-state index contributed by atoms with van der Waals surface area (Å²) in [5, 5.41) is 11.6. The van der Waals surface area contributed by atoms with Crippen LogP contribution in [0.5, 0.6) is 0 Å². The van der Waals surface area contributed by atoms with Gasteiger partial charge in [0.25, 0.3) is 5.91 Å². The molecule has 1 aliphatic heterocycles. The van der Waals surface area contributed by atoms with Crippen LogP contribution in [0.3, 0.4) is 0 Å². The van der Waals surface area contributed by atoms with Crippen molar-refractivity contribution in [1.82, 2.24) is 16.0 Å². The molecule has 1 aromatic carbocycles. The Balaban J connectivity index is 0.00000280. The van der Waals surface area contributed by atoms with E-state index in [0.717, 1.165) is 37.5 Å². The minimum Gasteiger partial charge on any atom is -0.376 e. The van der Waals surface area contributed by atoms with Crippen LogP contribution in [0, 0.1) is 0 Å². The maximum atomic E-state index is 12.4. The lowest BCUT2D eigenvalue weighted by molar-refractivity contribution is 0.0857. The first kappa shape index (κ1) is 22.6. The molecule has 152 valence electrons. The molecule has 1 saturated heterocycles. The van der Waals surface area contributed by atoms with E-state index in [9.17, 15) is 4.79 Å². The summed E-state index contributed by atoms with van der Waals surface area (Å²) in [6.45, 7) is 2.70. The van der Waals surface area contributed by atoms with Crippen LogP contribution < -0.4 is 16.0 Å². The highest BCUT2D eigenvalue weighted by Gasteiger charge is 2.16. The molecule has 3 rings (SSSR count). The van der Waals surface area contributed by atoms with Gasteiger partial charge in [-0.25, -0.2) is 0 Å². The van der Waals surface area contributed by atoms with Crippen LogP contribution in [-0.2, 0) is 17.8 Å². The molecule has 0 bridgehead atoms. The fraction of sp³-hybridized carbons (Fsp3) is 0.400. The number of amides is 1. The topological polar surface area (TPSA) is 74.8 Å². The number of ether oxygens (including phenoxy) is 1. The molecule has 1 unspecified atom stereocenters. The van der Waals surface area contributed by atoms with Gasteiger partial charge in [-0.1, -0.05) is 18.2 Å². The fourth-order valence-electron chi connectivity index (χ4n) is 2.93. The van der Waals surface area contributed by atoms with Crippen molar-refractivity contribution in [3.63, 3.8) is 0 Å². The van der Waals surface area contributed by atoms with Crippen LogP contribution in [0.4, 0.5) is 0 Å². The number of thiophene rings is 1. The number of guanidine groups is 1. The van der Waals surface area contributed by atoms with Crippen molar-refractivity contribution in [2.24, 2.45) is 4.99 Å². The molecule has 1 amide bonds. The largest absolute Gasteiger partial charge is 0.376 e. The van der Waals surface area contributed by atoms with E-state index in [-0.39, 0.29) is 36.0 Å². The van der Waals surface area contributed by atoms with Gasteiger partial charge in [0, 0.05) is 37.2 Å². The second-order valence-electron chi connectivity index (χ2n) is 6.40. The molecule has 28 heavy (non-hydrogen) atoms. The molecule has 0 spiro atoms. The molecular weight excluding hydrogens is 487 g/mol. The van der Waals surface area contributed by atoms with E-state index in [4.69, 9.17) is 4.74 Å². The average molecular weight is 514 g/mol. The van der Waals surface area contributed by atoms with Crippen molar-refractivity contribution in [3.8, 4) is 0 Å². The highest BCUT2D eigenvalue weighted by Crippen LogP contribution is 2.11. The predicted molar refractivity (Wildman–Crippen MR) is 125 cm³/mol. The van der Waals surface area contributed by atoms with Gasteiger partial charge in [0.05, 0.1) is 12.6 Å². The first-order valence-corrected chi connectivity index (χ1v) is 10.1. The number of nitrogens with one attached hydrogen (secondary N) is 3. The molecule has 0 radical (unpaired) electrons. The van der Waals surface area contributed by atoms with E-state index in [1.54, 1.807) is 18.4 Å². The number of aliphatic imine (C=N–C) groups is 1. The van der Waals surface area contributed by atoms with Gasteiger partial charge in [0.1, 0.15) is 0 Å². The summed E-state index contributed by atoms with van der Waals surface area (Å²) in [5.74, 6) is 0.671. The molecule has 6 nitrogen and oxygen atoms in total. The highest BCUT2D eigenvalue weighted by molar-refractivity contribution is 14.0. The lowest BCUT2D eigenvalue weighted by Crippen LogP contribution is -2.36. The lowest BCUT2D eigenvalue weighted by atomic mass is 10.1. The third kappa shape index (κ3) is 7.06. The second kappa shape index (κ2) is 12.0. The second-order valence-corrected chi connectivity index (χ2v) is 7.44. The van der Waals surface area contributed by atoms with Gasteiger partial charge in [-0.15, -0.1) is 35.3 Å². The van der Waals surface area contributed by atoms with Crippen LogP contribution in [0.1, 0.15) is 33.6 Å². The number of nitrogens with zero attached hydrogens (tertiary/aromatic N) is 1. The molecule has 2 aromatic rings. The summed E-state index contributed by atoms with van der Waals surface area (Å²) < 4.78 is 5.55. The van der Waals surface area contributed by atoms with Crippen LogP contribution in [0.15, 0.2) is 46.8 Å². The van der Waals surface area contributed by atoms with Gasteiger partial charge in [0.2, 0.25) is 0 Å². The van der Waals surface area contributed by atoms with Crippen LogP contribution in [-0.4, -0.2) is 38.2 Å². The van der Waals surface area contributed by atoms with Gasteiger partial charge in [0.15, 0.2) is 5.96 Å². The molecule has 1 atom stereocenters. The van der Waals surface area contributed by atoms with Gasteiger partial charge in [-0.2, -0.15) is 0 Å². The number of hydrogen-bond donors (Lipinski definition) is 3. The summed E-state index contributed by atoms with van der Waals surface area (Å²) in [6, 6.07) is 11.8. The minimum atomic E-state index is -0.0625. The van der Waals surface area contributed by atoms with Gasteiger partial charge in [-0.3, -0.25) is 9.79 Å². The Kier molecular flexibility index (Phi) is 9.72. The van der Waals surface area contributed by atoms with Crippen molar-refractivity contribution >= 4 is 47.2 Å². The maximum Gasteiger partial charge on any atom is 0.251 e. The number of benzene rings is 1. The molecule has 1 aromatic heterocycles. The fourth-order valence-corrected chi connectivity index (χ4v) is 3.57. The summed E-state index contributed by atoms with van der Waals surface area (Å²) in [7, 11) is 1.75. The Bertz CT molecular complexity index is 761. The first-order valence-electron chi connectivity index (χ1n) is 9.20. The van der Waals surface area contributed by atoms with Crippen molar-refractivity contribution in [3.05, 3.63) is 57.8 Å². The number of carbonyl (C=O) groups is 1. The standard InChI is InChI=1S/C20H26N4O2S.HI/c1-21-20(24-14-18-8-4-10-27-18)23-12-15-5-2-6-16(11-15)19(25)22-13-17-7-3-9-26-17;/h2,4-6,8,10-11,17H,3,7,9,12-14H2,1H3,(H,22,25)(H2,21,23,24);1H. The Morgan fingerprint density at radius 1 is 1.21 bits per heavy atom. The molecule has 1 aliphatic rings. The van der Waals surface area contributed by atoms with Crippen LogP contribution in [0.2, 0.25) is 0 Å². The van der Waals surface area contributed by atoms with Crippen molar-refractivity contribution < 1.29 is 9.53 Å². The van der Waals surface area contributed by atoms with Crippen LogP contribution >= 0.6 is 35.3 Å². The quantitative estimate of drug-likeness (QED) is 0.302. The zero-order chi connectivity index (χ0) is 18.9. The third-order valence-corrected chi connectivity index (χ3v) is 5.27. The minimum absolute atomic E-state index is 0. The average Bonchev–Trinajstić information content (AvgIpc) is 3.40. The Hall–Kier alpha value is -1.65. The summed E-state index contributed by atoms with van der Waals surface area (Å²) >= 11 is 1.71. The summed E-state index contributed by atoms with van der Waals surface area (Å²) in [5.41, 5.74) is 1.69. The summed E-state index contributed by atoms with van der Waals surface area (Å²) in [6.07, 6.45) is 2.24. The number of carbonyl (C=O) groups excluding carboxylic acids is 1. The van der Waals surface area contributed by atoms with E-state index >= 15 is 0 Å². The van der Waals surface area contributed by atoms with E-state index in [2.05, 4.69) is 32.4 Å². The van der Waals surface area contributed by atoms with Gasteiger partial charge < -0.3 is 20.7 Å². The van der Waals surface area contributed by atoms with E-state index in [1.165, 1.54) is 4.88 Å². The molecule has 0 saturated carbocycles. The smallest absolute Gasteiger partial charge is 0.251 e. The Labute approximate surface area is 187 Å². The van der Waals surface area contributed by atoms with Crippen LogP contribution in [0.25, 0.3) is 0 Å². The maximum absolute atomic E-state index is 12.4. The zero-order valence-electron chi connectivity index (χ0n) is 15.9. The normalized spacial score (nSPS) is 16.3. The third-order valence-electron chi connectivity index (χ3n) is 4.40. The van der Waals surface area contributed by atoms with E-state index in [1.807, 2.05) is 30.3 Å². The number of rotatable bonds is 7.